The highest BCUT2D eigenvalue weighted by molar-refractivity contribution is 9.10. The second kappa shape index (κ2) is 5.74. The molecule has 0 radical (unpaired) electrons. The highest BCUT2D eigenvalue weighted by atomic mass is 79.9. The fraction of sp³-hybridized carbons (Fsp3) is 0.125. The monoisotopic (exact) mass is 378 g/mol. The van der Waals surface area contributed by atoms with Gasteiger partial charge in [-0.2, -0.15) is 0 Å². The van der Waals surface area contributed by atoms with Gasteiger partial charge in [-0.15, -0.1) is 0 Å². The van der Waals surface area contributed by atoms with E-state index in [9.17, 15) is 9.59 Å². The number of para-hydroxylation sites is 1. The molecule has 2 aromatic carbocycles. The molecule has 0 aromatic heterocycles. The maximum absolute atomic E-state index is 12.9. The summed E-state index contributed by atoms with van der Waals surface area (Å²) in [5, 5.41) is 0.334. The molecule has 1 unspecified atom stereocenters. The molecule has 22 heavy (non-hydrogen) atoms. The Bertz CT molecular complexity index is 778. The average molecular weight is 380 g/mol. The van der Waals surface area contributed by atoms with E-state index < -0.39 is 11.9 Å². The van der Waals surface area contributed by atoms with Crippen molar-refractivity contribution in [1.82, 2.24) is 0 Å². The number of halogens is 2. The molecule has 0 aliphatic carbocycles. The SMILES string of the molecule is NC(=O)C1Cc2ccccc2N1C(=O)c1cc(Br)ccc1Cl. The molecule has 112 valence electrons. The van der Waals surface area contributed by atoms with Gasteiger partial charge in [0, 0.05) is 16.6 Å². The van der Waals surface area contributed by atoms with Crippen LogP contribution < -0.4 is 10.6 Å². The van der Waals surface area contributed by atoms with E-state index in [0.717, 1.165) is 10.0 Å². The molecular formula is C16H12BrClN2O2. The number of anilines is 1. The summed E-state index contributed by atoms with van der Waals surface area (Å²) in [6.45, 7) is 0. The van der Waals surface area contributed by atoms with E-state index in [1.54, 1.807) is 18.2 Å². The number of nitrogens with zero attached hydrogens (tertiary/aromatic N) is 1. The number of carbonyl (C=O) groups excluding carboxylic acids is 2. The van der Waals surface area contributed by atoms with Crippen LogP contribution in [0.1, 0.15) is 15.9 Å². The summed E-state index contributed by atoms with van der Waals surface area (Å²) in [7, 11) is 0. The van der Waals surface area contributed by atoms with E-state index in [4.69, 9.17) is 17.3 Å². The third-order valence-corrected chi connectivity index (χ3v) is 4.50. The minimum atomic E-state index is -0.694. The Hall–Kier alpha value is -1.85. The van der Waals surface area contributed by atoms with E-state index >= 15 is 0 Å². The van der Waals surface area contributed by atoms with Crippen LogP contribution in [0, 0.1) is 0 Å². The summed E-state index contributed by atoms with van der Waals surface area (Å²) in [6, 6.07) is 11.7. The summed E-state index contributed by atoms with van der Waals surface area (Å²) in [5.41, 5.74) is 7.43. The van der Waals surface area contributed by atoms with Gasteiger partial charge in [0.05, 0.1) is 10.6 Å². The summed E-state index contributed by atoms with van der Waals surface area (Å²) in [4.78, 5) is 26.1. The van der Waals surface area contributed by atoms with Crippen LogP contribution in [0.15, 0.2) is 46.9 Å². The minimum absolute atomic E-state index is 0.332. The first kappa shape index (κ1) is 15.1. The van der Waals surface area contributed by atoms with Gasteiger partial charge in [-0.05, 0) is 29.8 Å². The van der Waals surface area contributed by atoms with E-state index in [2.05, 4.69) is 15.9 Å². The van der Waals surface area contributed by atoms with Crippen molar-refractivity contribution in [1.29, 1.82) is 0 Å². The maximum atomic E-state index is 12.9. The van der Waals surface area contributed by atoms with Crippen LogP contribution in [-0.2, 0) is 11.2 Å². The van der Waals surface area contributed by atoms with E-state index in [0.29, 0.717) is 22.7 Å². The van der Waals surface area contributed by atoms with Crippen molar-refractivity contribution in [2.24, 2.45) is 5.73 Å². The summed E-state index contributed by atoms with van der Waals surface area (Å²) < 4.78 is 0.739. The van der Waals surface area contributed by atoms with E-state index in [1.165, 1.54) is 4.90 Å². The van der Waals surface area contributed by atoms with Gasteiger partial charge in [-0.1, -0.05) is 45.7 Å². The zero-order valence-corrected chi connectivity index (χ0v) is 13.8. The Kier molecular flexibility index (Phi) is 3.93. The number of carbonyl (C=O) groups is 2. The smallest absolute Gasteiger partial charge is 0.260 e. The number of hydrogen-bond acceptors (Lipinski definition) is 2. The van der Waals surface area contributed by atoms with Gasteiger partial charge in [-0.25, -0.2) is 0 Å². The first-order chi connectivity index (χ1) is 10.5. The molecule has 1 atom stereocenters. The van der Waals surface area contributed by atoms with Crippen LogP contribution in [0.3, 0.4) is 0 Å². The quantitative estimate of drug-likeness (QED) is 0.871. The van der Waals surface area contributed by atoms with Gasteiger partial charge < -0.3 is 5.73 Å². The molecule has 0 bridgehead atoms. The lowest BCUT2D eigenvalue weighted by molar-refractivity contribution is -0.119. The standard InChI is InChI=1S/C16H12BrClN2O2/c17-10-5-6-12(18)11(8-10)16(22)20-13-4-2-1-3-9(13)7-14(20)15(19)21/h1-6,8,14H,7H2,(H2,19,21). The summed E-state index contributed by atoms with van der Waals surface area (Å²) >= 11 is 9.47. The van der Waals surface area contributed by atoms with Crippen molar-refractivity contribution in [2.45, 2.75) is 12.5 Å². The van der Waals surface area contributed by atoms with E-state index in [-0.39, 0.29) is 5.91 Å². The predicted molar refractivity (Wildman–Crippen MR) is 89.1 cm³/mol. The largest absolute Gasteiger partial charge is 0.368 e. The van der Waals surface area contributed by atoms with Crippen LogP contribution in [0.5, 0.6) is 0 Å². The van der Waals surface area contributed by atoms with Crippen molar-refractivity contribution < 1.29 is 9.59 Å². The Morgan fingerprint density at radius 1 is 1.23 bits per heavy atom. The van der Waals surface area contributed by atoms with Gasteiger partial charge in [0.25, 0.3) is 5.91 Å². The number of primary amides is 1. The van der Waals surface area contributed by atoms with Gasteiger partial charge >= 0.3 is 0 Å². The molecule has 2 amide bonds. The third-order valence-electron chi connectivity index (χ3n) is 3.68. The number of rotatable bonds is 2. The number of fused-ring (bicyclic) bond motifs is 1. The summed E-state index contributed by atoms with van der Waals surface area (Å²) in [6.07, 6.45) is 0.420. The second-order valence-corrected chi connectivity index (χ2v) is 6.37. The van der Waals surface area contributed by atoms with Crippen molar-refractivity contribution >= 4 is 45.0 Å². The molecular weight excluding hydrogens is 368 g/mol. The molecule has 1 aliphatic heterocycles. The van der Waals surface area contributed by atoms with Crippen LogP contribution in [0.25, 0.3) is 0 Å². The number of hydrogen-bond donors (Lipinski definition) is 1. The lowest BCUT2D eigenvalue weighted by Crippen LogP contribution is -2.46. The van der Waals surface area contributed by atoms with Crippen molar-refractivity contribution in [3.05, 3.63) is 63.1 Å². The second-order valence-electron chi connectivity index (χ2n) is 5.05. The lowest BCUT2D eigenvalue weighted by atomic mass is 10.1. The van der Waals surface area contributed by atoms with Crippen molar-refractivity contribution in [2.75, 3.05) is 4.90 Å². The molecule has 0 saturated heterocycles. The first-order valence-electron chi connectivity index (χ1n) is 6.65. The Morgan fingerprint density at radius 2 is 1.95 bits per heavy atom. The molecule has 1 heterocycles. The molecule has 0 fully saturated rings. The highest BCUT2D eigenvalue weighted by Gasteiger charge is 2.38. The topological polar surface area (TPSA) is 63.4 Å². The van der Waals surface area contributed by atoms with Crippen molar-refractivity contribution in [3.63, 3.8) is 0 Å². The predicted octanol–water partition coefficient (Wildman–Crippen LogP) is 3.16. The molecule has 0 spiro atoms. The fourth-order valence-corrected chi connectivity index (χ4v) is 3.22. The van der Waals surface area contributed by atoms with E-state index in [1.807, 2.05) is 24.3 Å². The zero-order valence-electron chi connectivity index (χ0n) is 11.4. The normalized spacial score (nSPS) is 16.5. The summed E-state index contributed by atoms with van der Waals surface area (Å²) in [5.74, 6) is -0.865. The Morgan fingerprint density at radius 3 is 2.68 bits per heavy atom. The Labute approximate surface area is 141 Å². The van der Waals surface area contributed by atoms with Crippen molar-refractivity contribution in [3.8, 4) is 0 Å². The molecule has 2 aromatic rings. The molecule has 4 nitrogen and oxygen atoms in total. The Balaban J connectivity index is 2.09. The van der Waals surface area contributed by atoms with Crippen LogP contribution in [0.4, 0.5) is 5.69 Å². The first-order valence-corrected chi connectivity index (χ1v) is 7.82. The van der Waals surface area contributed by atoms with Gasteiger partial charge in [0.15, 0.2) is 0 Å². The number of nitrogens with two attached hydrogens (primary N) is 1. The van der Waals surface area contributed by atoms with Crippen LogP contribution in [-0.4, -0.2) is 17.9 Å². The molecule has 3 rings (SSSR count). The maximum Gasteiger partial charge on any atom is 0.260 e. The van der Waals surface area contributed by atoms with Gasteiger partial charge in [0.2, 0.25) is 5.91 Å². The van der Waals surface area contributed by atoms with Gasteiger partial charge in [-0.3, -0.25) is 14.5 Å². The number of benzene rings is 2. The highest BCUT2D eigenvalue weighted by Crippen LogP contribution is 2.34. The zero-order chi connectivity index (χ0) is 15.9. The molecule has 1 aliphatic rings. The lowest BCUT2D eigenvalue weighted by Gasteiger charge is -2.24. The molecule has 2 N–H and O–H groups in total. The fourth-order valence-electron chi connectivity index (χ4n) is 2.66. The average Bonchev–Trinajstić information content (AvgIpc) is 2.88. The van der Waals surface area contributed by atoms with Crippen LogP contribution in [0.2, 0.25) is 5.02 Å². The third kappa shape index (κ3) is 2.51. The van der Waals surface area contributed by atoms with Gasteiger partial charge in [0.1, 0.15) is 6.04 Å². The number of amides is 2. The minimum Gasteiger partial charge on any atom is -0.368 e. The van der Waals surface area contributed by atoms with Crippen LogP contribution >= 0.6 is 27.5 Å². The molecule has 6 heteroatoms. The molecule has 0 saturated carbocycles.